The van der Waals surface area contributed by atoms with Gasteiger partial charge in [-0.25, -0.2) is 9.97 Å². The zero-order valence-electron chi connectivity index (χ0n) is 13.8. The molecule has 1 atom stereocenters. The molecule has 3 aromatic rings. The Morgan fingerprint density at radius 3 is 2.65 bits per heavy atom. The average Bonchev–Trinajstić information content (AvgIpc) is 3.15. The van der Waals surface area contributed by atoms with E-state index in [9.17, 15) is 0 Å². The van der Waals surface area contributed by atoms with Crippen molar-refractivity contribution in [1.29, 1.82) is 0 Å². The highest BCUT2D eigenvalue weighted by Crippen LogP contribution is 2.22. The number of rotatable bonds is 6. The van der Waals surface area contributed by atoms with Crippen molar-refractivity contribution in [3.05, 3.63) is 64.1 Å². The molecule has 4 nitrogen and oxygen atoms in total. The molecule has 5 heteroatoms. The summed E-state index contributed by atoms with van der Waals surface area (Å²) >= 11 is 1.73. The third-order valence-corrected chi connectivity index (χ3v) is 4.97. The summed E-state index contributed by atoms with van der Waals surface area (Å²) in [5.74, 6) is 1.01. The first kappa shape index (κ1) is 15.9. The predicted octanol–water partition coefficient (Wildman–Crippen LogP) is 4.19. The zero-order chi connectivity index (χ0) is 16.2. The minimum absolute atomic E-state index is 0.285. The lowest BCUT2D eigenvalue weighted by molar-refractivity contribution is 0.508. The molecule has 0 aliphatic carbocycles. The van der Waals surface area contributed by atoms with E-state index in [1.807, 2.05) is 26.1 Å². The quantitative estimate of drug-likeness (QED) is 0.739. The molecule has 1 N–H and O–H groups in total. The summed E-state index contributed by atoms with van der Waals surface area (Å²) in [6, 6.07) is 10.6. The van der Waals surface area contributed by atoms with Crippen molar-refractivity contribution in [2.45, 2.75) is 39.8 Å². The third kappa shape index (κ3) is 3.51. The molecule has 0 saturated carbocycles. The molecule has 120 valence electrons. The monoisotopic (exact) mass is 326 g/mol. The Hall–Kier alpha value is -1.98. The van der Waals surface area contributed by atoms with Crippen molar-refractivity contribution in [2.75, 3.05) is 0 Å². The van der Waals surface area contributed by atoms with Gasteiger partial charge in [0.25, 0.3) is 0 Å². The minimum atomic E-state index is 0.285. The average molecular weight is 326 g/mol. The number of thiazole rings is 1. The molecule has 3 rings (SSSR count). The molecule has 0 spiro atoms. The number of imidazole rings is 1. The molecule has 0 saturated heterocycles. The smallest absolute Gasteiger partial charge is 0.110 e. The van der Waals surface area contributed by atoms with E-state index in [0.717, 1.165) is 35.2 Å². The maximum absolute atomic E-state index is 4.61. The van der Waals surface area contributed by atoms with Crippen LogP contribution in [0.4, 0.5) is 0 Å². The summed E-state index contributed by atoms with van der Waals surface area (Å²) in [5.41, 5.74) is 3.41. The first-order chi connectivity index (χ1) is 11.2. The van der Waals surface area contributed by atoms with Crippen LogP contribution in [0.1, 0.15) is 41.6 Å². The van der Waals surface area contributed by atoms with Gasteiger partial charge in [-0.15, -0.1) is 11.3 Å². The van der Waals surface area contributed by atoms with Crippen molar-refractivity contribution in [3.8, 4) is 5.69 Å². The molecule has 2 aromatic heterocycles. The number of nitrogens with one attached hydrogen (secondary N) is 1. The van der Waals surface area contributed by atoms with Crippen LogP contribution in [0.3, 0.4) is 0 Å². The fraction of sp³-hybridized carbons (Fsp3) is 0.333. The summed E-state index contributed by atoms with van der Waals surface area (Å²) in [5, 5.41) is 6.89. The molecule has 1 aromatic carbocycles. The van der Waals surface area contributed by atoms with Crippen LogP contribution in [-0.4, -0.2) is 14.5 Å². The van der Waals surface area contributed by atoms with Crippen LogP contribution in [-0.2, 0) is 6.54 Å². The van der Waals surface area contributed by atoms with Crippen LogP contribution in [0.25, 0.3) is 5.69 Å². The standard InChI is InChI=1S/C18H22N4S/c1-4-17(18-21-13(2)12-23-18)20-11-16-10-19-14(3)22(16)15-8-6-5-7-9-15/h5-10,12,17,20H,4,11H2,1-3H3. The van der Waals surface area contributed by atoms with Crippen LogP contribution in [0, 0.1) is 13.8 Å². The number of hydrogen-bond donors (Lipinski definition) is 1. The van der Waals surface area contributed by atoms with Crippen LogP contribution >= 0.6 is 11.3 Å². The Labute approximate surface area is 141 Å². The molecule has 0 aliphatic heterocycles. The Morgan fingerprint density at radius 1 is 1.22 bits per heavy atom. The lowest BCUT2D eigenvalue weighted by atomic mass is 10.2. The normalized spacial score (nSPS) is 12.5. The van der Waals surface area contributed by atoms with Gasteiger partial charge in [0, 0.05) is 23.3 Å². The maximum Gasteiger partial charge on any atom is 0.110 e. The molecule has 0 fully saturated rings. The van der Waals surface area contributed by atoms with E-state index >= 15 is 0 Å². The topological polar surface area (TPSA) is 42.7 Å². The number of aryl methyl sites for hydroxylation is 2. The van der Waals surface area contributed by atoms with Gasteiger partial charge in [0.2, 0.25) is 0 Å². The second-order valence-electron chi connectivity index (χ2n) is 5.64. The predicted molar refractivity (Wildman–Crippen MR) is 95.0 cm³/mol. The van der Waals surface area contributed by atoms with E-state index in [0.29, 0.717) is 0 Å². The van der Waals surface area contributed by atoms with Gasteiger partial charge >= 0.3 is 0 Å². The first-order valence-corrected chi connectivity index (χ1v) is 8.81. The van der Waals surface area contributed by atoms with Crippen molar-refractivity contribution in [2.24, 2.45) is 0 Å². The highest BCUT2D eigenvalue weighted by Gasteiger charge is 2.14. The van der Waals surface area contributed by atoms with Crippen LogP contribution < -0.4 is 5.32 Å². The molecule has 0 amide bonds. The molecule has 0 bridgehead atoms. The Bertz CT molecular complexity index is 760. The fourth-order valence-corrected chi connectivity index (χ4v) is 3.67. The summed E-state index contributed by atoms with van der Waals surface area (Å²) in [7, 11) is 0. The molecule has 0 radical (unpaired) electrons. The molecule has 1 unspecified atom stereocenters. The van der Waals surface area contributed by atoms with E-state index in [1.54, 1.807) is 11.3 Å². The van der Waals surface area contributed by atoms with Crippen molar-refractivity contribution < 1.29 is 0 Å². The molecule has 23 heavy (non-hydrogen) atoms. The fourth-order valence-electron chi connectivity index (χ4n) is 2.71. The van der Waals surface area contributed by atoms with E-state index in [1.165, 1.54) is 5.69 Å². The summed E-state index contributed by atoms with van der Waals surface area (Å²) < 4.78 is 2.20. The first-order valence-electron chi connectivity index (χ1n) is 7.93. The van der Waals surface area contributed by atoms with Gasteiger partial charge in [-0.1, -0.05) is 25.1 Å². The van der Waals surface area contributed by atoms with Gasteiger partial charge in [-0.3, -0.25) is 4.57 Å². The minimum Gasteiger partial charge on any atom is -0.302 e. The van der Waals surface area contributed by atoms with Crippen LogP contribution in [0.2, 0.25) is 0 Å². The molecule has 0 aliphatic rings. The molecule has 2 heterocycles. The van der Waals surface area contributed by atoms with Crippen molar-refractivity contribution in [1.82, 2.24) is 19.9 Å². The van der Waals surface area contributed by atoms with Gasteiger partial charge in [-0.05, 0) is 32.4 Å². The van der Waals surface area contributed by atoms with Crippen LogP contribution in [0.5, 0.6) is 0 Å². The number of aromatic nitrogens is 3. The van der Waals surface area contributed by atoms with Crippen molar-refractivity contribution >= 4 is 11.3 Å². The van der Waals surface area contributed by atoms with Crippen molar-refractivity contribution in [3.63, 3.8) is 0 Å². The van der Waals surface area contributed by atoms with E-state index < -0.39 is 0 Å². The Balaban J connectivity index is 1.78. The molecular formula is C18H22N4S. The van der Waals surface area contributed by atoms with Gasteiger partial charge in [0.05, 0.1) is 17.9 Å². The lowest BCUT2D eigenvalue weighted by Crippen LogP contribution is -2.21. The van der Waals surface area contributed by atoms with E-state index in [2.05, 4.69) is 56.4 Å². The Kier molecular flexibility index (Phi) is 4.88. The maximum atomic E-state index is 4.61. The number of nitrogens with zero attached hydrogens (tertiary/aromatic N) is 3. The Morgan fingerprint density at radius 2 is 2.00 bits per heavy atom. The highest BCUT2D eigenvalue weighted by molar-refractivity contribution is 7.09. The van der Waals surface area contributed by atoms with E-state index in [4.69, 9.17) is 0 Å². The van der Waals surface area contributed by atoms with Crippen LogP contribution in [0.15, 0.2) is 41.9 Å². The van der Waals surface area contributed by atoms with Gasteiger partial charge in [-0.2, -0.15) is 0 Å². The second kappa shape index (κ2) is 7.06. The van der Waals surface area contributed by atoms with Gasteiger partial charge < -0.3 is 5.32 Å². The number of hydrogen-bond acceptors (Lipinski definition) is 4. The molecular weight excluding hydrogens is 304 g/mol. The van der Waals surface area contributed by atoms with Gasteiger partial charge in [0.1, 0.15) is 10.8 Å². The SMILES string of the molecule is CCC(NCc1cnc(C)n1-c1ccccc1)c1nc(C)cs1. The van der Waals surface area contributed by atoms with Gasteiger partial charge in [0.15, 0.2) is 0 Å². The highest BCUT2D eigenvalue weighted by atomic mass is 32.1. The largest absolute Gasteiger partial charge is 0.302 e. The number of benzene rings is 1. The summed E-state index contributed by atoms with van der Waals surface area (Å²) in [6.45, 7) is 7.04. The summed E-state index contributed by atoms with van der Waals surface area (Å²) in [4.78, 5) is 9.10. The lowest BCUT2D eigenvalue weighted by Gasteiger charge is -2.16. The number of para-hydroxylation sites is 1. The zero-order valence-corrected chi connectivity index (χ0v) is 14.6. The second-order valence-corrected chi connectivity index (χ2v) is 6.53. The third-order valence-electron chi connectivity index (χ3n) is 3.90. The summed E-state index contributed by atoms with van der Waals surface area (Å²) in [6.07, 6.45) is 2.97. The van der Waals surface area contributed by atoms with E-state index in [-0.39, 0.29) is 6.04 Å².